The number of H-pyrrole nitrogens is 1. The number of aromatic nitrogens is 4. The van der Waals surface area contributed by atoms with Crippen LogP contribution in [0.5, 0.6) is 0 Å². The van der Waals surface area contributed by atoms with Gasteiger partial charge in [0, 0.05) is 19.3 Å². The quantitative estimate of drug-likeness (QED) is 0.779. The first-order chi connectivity index (χ1) is 9.83. The fourth-order valence-electron chi connectivity index (χ4n) is 2.27. The summed E-state index contributed by atoms with van der Waals surface area (Å²) in [6.45, 7) is 1.57. The van der Waals surface area contributed by atoms with Crippen molar-refractivity contribution in [3.05, 3.63) is 18.5 Å². The number of nitrogen functional groups attached to an aromatic ring is 1. The van der Waals surface area contributed by atoms with Crippen molar-refractivity contribution in [2.24, 2.45) is 0 Å². The molecular weight excluding hydrogens is 256 g/mol. The number of nitrogens with two attached hydrogens (primary N) is 1. The molecule has 0 radical (unpaired) electrons. The Bertz CT molecular complexity index is 563. The predicted octanol–water partition coefficient (Wildman–Crippen LogP) is 1.43. The molecule has 3 heterocycles. The first kappa shape index (κ1) is 12.9. The van der Waals surface area contributed by atoms with Crippen LogP contribution in [0.1, 0.15) is 19.3 Å². The van der Waals surface area contributed by atoms with Crippen LogP contribution in [0, 0.1) is 0 Å². The van der Waals surface area contributed by atoms with Crippen LogP contribution in [0.2, 0.25) is 0 Å². The highest BCUT2D eigenvalue weighted by molar-refractivity contribution is 5.70. The van der Waals surface area contributed by atoms with E-state index >= 15 is 0 Å². The highest BCUT2D eigenvalue weighted by Gasteiger charge is 2.14. The van der Waals surface area contributed by atoms with Gasteiger partial charge in [0.05, 0.1) is 23.6 Å². The Morgan fingerprint density at radius 2 is 2.40 bits per heavy atom. The van der Waals surface area contributed by atoms with E-state index in [0.717, 1.165) is 37.3 Å². The maximum Gasteiger partial charge on any atom is 0.223 e. The number of hydrogen-bond donors (Lipinski definition) is 3. The van der Waals surface area contributed by atoms with Crippen molar-refractivity contribution in [1.29, 1.82) is 0 Å². The molecule has 0 amide bonds. The van der Waals surface area contributed by atoms with Crippen LogP contribution in [0.3, 0.4) is 0 Å². The standard InChI is InChI=1S/C13H18N6O/c14-12-10(8-17-19-12)11-4-5-15-13(18-11)16-7-9-3-1-2-6-20-9/h4-5,8-9H,1-3,6-7H2,(H3,14,17,19)(H,15,16,18). The largest absolute Gasteiger partial charge is 0.384 e. The van der Waals surface area contributed by atoms with Crippen LogP contribution < -0.4 is 11.1 Å². The zero-order valence-electron chi connectivity index (χ0n) is 11.2. The SMILES string of the molecule is Nc1[nH]ncc1-c1ccnc(NCC2CCCCO2)n1. The van der Waals surface area contributed by atoms with Crippen molar-refractivity contribution in [2.75, 3.05) is 24.2 Å². The minimum absolute atomic E-state index is 0.245. The molecule has 0 saturated carbocycles. The lowest BCUT2D eigenvalue weighted by Gasteiger charge is -2.22. The van der Waals surface area contributed by atoms with E-state index in [1.807, 2.05) is 6.07 Å². The van der Waals surface area contributed by atoms with Crippen LogP contribution in [0.15, 0.2) is 18.5 Å². The molecule has 106 valence electrons. The second kappa shape index (κ2) is 5.87. The van der Waals surface area contributed by atoms with Gasteiger partial charge in [-0.1, -0.05) is 0 Å². The lowest BCUT2D eigenvalue weighted by atomic mass is 10.1. The molecule has 1 aliphatic heterocycles. The zero-order chi connectivity index (χ0) is 13.8. The topological polar surface area (TPSA) is 102 Å². The Morgan fingerprint density at radius 3 is 3.15 bits per heavy atom. The van der Waals surface area contributed by atoms with E-state index in [1.54, 1.807) is 12.4 Å². The maximum absolute atomic E-state index is 5.79. The normalized spacial score (nSPS) is 18.9. The first-order valence-corrected chi connectivity index (χ1v) is 6.80. The van der Waals surface area contributed by atoms with Gasteiger partial charge in [0.25, 0.3) is 0 Å². The van der Waals surface area contributed by atoms with Crippen molar-refractivity contribution < 1.29 is 4.74 Å². The monoisotopic (exact) mass is 274 g/mol. The molecule has 1 atom stereocenters. The van der Waals surface area contributed by atoms with Gasteiger partial charge >= 0.3 is 0 Å². The second-order valence-corrected chi connectivity index (χ2v) is 4.83. The maximum atomic E-state index is 5.79. The fraction of sp³-hybridized carbons (Fsp3) is 0.462. The molecule has 4 N–H and O–H groups in total. The molecule has 1 fully saturated rings. The zero-order valence-corrected chi connectivity index (χ0v) is 11.2. The number of anilines is 2. The molecule has 7 nitrogen and oxygen atoms in total. The lowest BCUT2D eigenvalue weighted by molar-refractivity contribution is 0.0246. The number of nitrogens with one attached hydrogen (secondary N) is 2. The number of aromatic amines is 1. The van der Waals surface area contributed by atoms with Gasteiger partial charge < -0.3 is 15.8 Å². The van der Waals surface area contributed by atoms with E-state index in [1.165, 1.54) is 6.42 Å². The van der Waals surface area contributed by atoms with E-state index in [-0.39, 0.29) is 6.10 Å². The molecule has 0 bridgehead atoms. The number of ether oxygens (including phenoxy) is 1. The Morgan fingerprint density at radius 1 is 1.45 bits per heavy atom. The van der Waals surface area contributed by atoms with Gasteiger partial charge in [-0.05, 0) is 25.3 Å². The highest BCUT2D eigenvalue weighted by atomic mass is 16.5. The number of rotatable bonds is 4. The average molecular weight is 274 g/mol. The Kier molecular flexibility index (Phi) is 3.78. The highest BCUT2D eigenvalue weighted by Crippen LogP contribution is 2.21. The van der Waals surface area contributed by atoms with Crippen LogP contribution in [0.4, 0.5) is 11.8 Å². The summed E-state index contributed by atoms with van der Waals surface area (Å²) < 4.78 is 5.67. The van der Waals surface area contributed by atoms with Crippen molar-refractivity contribution in [3.8, 4) is 11.3 Å². The first-order valence-electron chi connectivity index (χ1n) is 6.80. The van der Waals surface area contributed by atoms with E-state index in [4.69, 9.17) is 10.5 Å². The van der Waals surface area contributed by atoms with E-state index in [0.29, 0.717) is 11.8 Å². The molecule has 1 aliphatic rings. The van der Waals surface area contributed by atoms with Crippen molar-refractivity contribution >= 4 is 11.8 Å². The van der Waals surface area contributed by atoms with Gasteiger partial charge in [0.1, 0.15) is 5.82 Å². The third-order valence-electron chi connectivity index (χ3n) is 3.36. The van der Waals surface area contributed by atoms with Gasteiger partial charge in [-0.15, -0.1) is 0 Å². The van der Waals surface area contributed by atoms with Gasteiger partial charge in [0.2, 0.25) is 5.95 Å². The third-order valence-corrected chi connectivity index (χ3v) is 3.36. The lowest BCUT2D eigenvalue weighted by Crippen LogP contribution is -2.27. The van der Waals surface area contributed by atoms with Gasteiger partial charge in [-0.3, -0.25) is 5.10 Å². The summed E-state index contributed by atoms with van der Waals surface area (Å²) in [6, 6.07) is 1.81. The second-order valence-electron chi connectivity index (χ2n) is 4.83. The molecule has 20 heavy (non-hydrogen) atoms. The minimum Gasteiger partial charge on any atom is -0.384 e. The molecular formula is C13H18N6O. The molecule has 0 spiro atoms. The molecule has 2 aromatic rings. The molecule has 1 saturated heterocycles. The number of nitrogens with zero attached hydrogens (tertiary/aromatic N) is 3. The molecule has 0 aliphatic carbocycles. The van der Waals surface area contributed by atoms with Crippen LogP contribution in [-0.2, 0) is 4.74 Å². The molecule has 3 rings (SSSR count). The van der Waals surface area contributed by atoms with Gasteiger partial charge in [-0.25, -0.2) is 9.97 Å². The molecule has 7 heteroatoms. The molecule has 0 aromatic carbocycles. The summed E-state index contributed by atoms with van der Waals surface area (Å²) in [5, 5.41) is 9.81. The predicted molar refractivity (Wildman–Crippen MR) is 76.1 cm³/mol. The Labute approximate surface area is 117 Å². The molecule has 1 unspecified atom stereocenters. The summed E-state index contributed by atoms with van der Waals surface area (Å²) in [6.07, 6.45) is 7.07. The molecule has 2 aromatic heterocycles. The van der Waals surface area contributed by atoms with E-state index in [2.05, 4.69) is 25.5 Å². The third kappa shape index (κ3) is 2.88. The number of hydrogen-bond acceptors (Lipinski definition) is 6. The minimum atomic E-state index is 0.245. The van der Waals surface area contributed by atoms with Gasteiger partial charge in [-0.2, -0.15) is 5.10 Å². The summed E-state index contributed by atoms with van der Waals surface area (Å²) in [5.41, 5.74) is 7.32. The fourth-order valence-corrected chi connectivity index (χ4v) is 2.27. The summed E-state index contributed by atoms with van der Waals surface area (Å²) in [7, 11) is 0. The van der Waals surface area contributed by atoms with Crippen LogP contribution in [-0.4, -0.2) is 39.4 Å². The Balaban J connectivity index is 1.67. The van der Waals surface area contributed by atoms with E-state index in [9.17, 15) is 0 Å². The summed E-state index contributed by atoms with van der Waals surface area (Å²) in [5.74, 6) is 1.09. The summed E-state index contributed by atoms with van der Waals surface area (Å²) in [4.78, 5) is 8.66. The van der Waals surface area contributed by atoms with Crippen LogP contribution in [0.25, 0.3) is 11.3 Å². The van der Waals surface area contributed by atoms with E-state index < -0.39 is 0 Å². The summed E-state index contributed by atoms with van der Waals surface area (Å²) >= 11 is 0. The average Bonchev–Trinajstić information content (AvgIpc) is 2.93. The van der Waals surface area contributed by atoms with Gasteiger partial charge in [0.15, 0.2) is 0 Å². The van der Waals surface area contributed by atoms with Crippen LogP contribution >= 0.6 is 0 Å². The Hall–Kier alpha value is -2.15. The smallest absolute Gasteiger partial charge is 0.223 e. The van der Waals surface area contributed by atoms with Crippen molar-refractivity contribution in [2.45, 2.75) is 25.4 Å². The van der Waals surface area contributed by atoms with Crippen molar-refractivity contribution in [3.63, 3.8) is 0 Å². The van der Waals surface area contributed by atoms with Crippen molar-refractivity contribution in [1.82, 2.24) is 20.2 Å².